The van der Waals surface area contributed by atoms with E-state index >= 15 is 0 Å². The van der Waals surface area contributed by atoms with Crippen LogP contribution in [0.15, 0.2) is 33.8 Å². The minimum atomic E-state index is -3.29. The highest BCUT2D eigenvalue weighted by Gasteiger charge is 2.57. The molecule has 24 heavy (non-hydrogen) atoms. The molecule has 0 aromatic carbocycles. The minimum absolute atomic E-state index is 0.0738. The molecule has 1 unspecified atom stereocenters. The summed E-state index contributed by atoms with van der Waals surface area (Å²) in [5.41, 5.74) is 1.08. The predicted molar refractivity (Wildman–Crippen MR) is 91.7 cm³/mol. The van der Waals surface area contributed by atoms with Crippen LogP contribution in [0.2, 0.25) is 0 Å². The number of H-pyrrole nitrogens is 1. The van der Waals surface area contributed by atoms with Gasteiger partial charge in [-0.05, 0) is 31.4 Å². The lowest BCUT2D eigenvalue weighted by Crippen LogP contribution is -2.36. The van der Waals surface area contributed by atoms with Gasteiger partial charge in [0.25, 0.3) is 5.56 Å². The van der Waals surface area contributed by atoms with Gasteiger partial charge < -0.3 is 5.10 Å². The molecule has 7 heteroatoms. The highest BCUT2D eigenvalue weighted by Crippen LogP contribution is 2.54. The van der Waals surface area contributed by atoms with Crippen LogP contribution in [0.3, 0.4) is 0 Å². The summed E-state index contributed by atoms with van der Waals surface area (Å²) < 4.78 is 25.6. The van der Waals surface area contributed by atoms with Crippen LogP contribution in [0, 0.1) is 5.41 Å². The maximum Gasteiger partial charge on any atom is 0.277 e. The maximum atomic E-state index is 12.8. The molecule has 1 fully saturated rings. The normalized spacial score (nSPS) is 27.8. The monoisotopic (exact) mass is 350 g/mol. The van der Waals surface area contributed by atoms with E-state index in [-0.39, 0.29) is 29.1 Å². The van der Waals surface area contributed by atoms with Crippen molar-refractivity contribution in [2.24, 2.45) is 12.5 Å². The summed E-state index contributed by atoms with van der Waals surface area (Å²) >= 11 is 0. The molecule has 0 saturated carbocycles. The average molecular weight is 350 g/mol. The van der Waals surface area contributed by atoms with Gasteiger partial charge in [0, 0.05) is 24.2 Å². The van der Waals surface area contributed by atoms with Crippen LogP contribution in [0.4, 0.5) is 0 Å². The molecule has 2 aliphatic rings. The topological polar surface area (TPSA) is 89.0 Å². The van der Waals surface area contributed by atoms with Gasteiger partial charge in [0.1, 0.15) is 5.56 Å². The maximum absolute atomic E-state index is 12.8. The number of nitrogens with one attached hydrogen (secondary N) is 1. The second-order valence-corrected chi connectivity index (χ2v) is 10.00. The Morgan fingerprint density at radius 1 is 1.29 bits per heavy atom. The fraction of sp³-hybridized carbons (Fsp3) is 0.529. The SMILES string of the molecule is CC1=C2C(C)(C)CS(=O)(=O)C2(C)CC=C1C(=O)c1c[nH]n(C)c1=O. The number of hydrogen-bond donors (Lipinski definition) is 1. The molecule has 2 heterocycles. The molecular weight excluding hydrogens is 328 g/mol. The van der Waals surface area contributed by atoms with Crippen molar-refractivity contribution in [1.82, 2.24) is 9.78 Å². The number of sulfone groups is 1. The summed E-state index contributed by atoms with van der Waals surface area (Å²) in [5, 5.41) is 2.70. The van der Waals surface area contributed by atoms with E-state index in [9.17, 15) is 18.0 Å². The Bertz CT molecular complexity index is 972. The summed E-state index contributed by atoms with van der Waals surface area (Å²) in [6, 6.07) is 0. The molecule has 1 atom stereocenters. The Balaban J connectivity index is 2.17. The predicted octanol–water partition coefficient (Wildman–Crippen LogP) is 1.76. The summed E-state index contributed by atoms with van der Waals surface area (Å²) in [4.78, 5) is 24.9. The van der Waals surface area contributed by atoms with Gasteiger partial charge in [-0.3, -0.25) is 14.3 Å². The zero-order chi connectivity index (χ0) is 18.1. The van der Waals surface area contributed by atoms with Crippen LogP contribution >= 0.6 is 0 Å². The first-order valence-corrected chi connectivity index (χ1v) is 9.51. The number of aryl methyl sites for hydroxylation is 1. The number of carbonyl (C=O) groups excluding carboxylic acids is 1. The third kappa shape index (κ3) is 2.03. The number of Topliss-reactive ketones (excluding diaryl/α,β-unsaturated/α-hetero) is 1. The number of aromatic amines is 1. The third-order valence-electron chi connectivity index (χ3n) is 5.34. The van der Waals surface area contributed by atoms with Crippen LogP contribution in [-0.2, 0) is 16.9 Å². The van der Waals surface area contributed by atoms with E-state index in [1.165, 1.54) is 10.9 Å². The van der Waals surface area contributed by atoms with E-state index in [4.69, 9.17) is 0 Å². The molecule has 1 N–H and O–H groups in total. The summed E-state index contributed by atoms with van der Waals surface area (Å²) in [6.45, 7) is 7.33. The van der Waals surface area contributed by atoms with E-state index < -0.39 is 20.0 Å². The number of aromatic nitrogens is 2. The van der Waals surface area contributed by atoms with E-state index in [1.54, 1.807) is 27.0 Å². The van der Waals surface area contributed by atoms with Crippen LogP contribution in [0.5, 0.6) is 0 Å². The molecule has 0 radical (unpaired) electrons. The van der Waals surface area contributed by atoms with E-state index in [1.807, 2.05) is 13.8 Å². The molecule has 1 aromatic heterocycles. The molecule has 3 rings (SSSR count). The standard InChI is InChI=1S/C17H22N2O4S/c1-10-11(13(20)12-8-18-19(5)15(12)21)6-7-17(4)14(10)16(2,3)9-24(17,22)23/h6,8,18H,7,9H2,1-5H3. The van der Waals surface area contributed by atoms with Gasteiger partial charge in [0.15, 0.2) is 15.6 Å². The fourth-order valence-corrected chi connectivity index (χ4v) is 6.82. The number of fused-ring (bicyclic) bond motifs is 1. The highest BCUT2D eigenvalue weighted by molar-refractivity contribution is 7.93. The number of ketones is 1. The van der Waals surface area contributed by atoms with Gasteiger partial charge in [-0.15, -0.1) is 0 Å². The number of nitrogens with zero attached hydrogens (tertiary/aromatic N) is 1. The molecule has 1 saturated heterocycles. The molecule has 1 aromatic rings. The molecule has 130 valence electrons. The lowest BCUT2D eigenvalue weighted by atomic mass is 9.71. The quantitative estimate of drug-likeness (QED) is 0.823. The van der Waals surface area contributed by atoms with Gasteiger partial charge >= 0.3 is 0 Å². The van der Waals surface area contributed by atoms with Crippen molar-refractivity contribution in [2.45, 2.75) is 38.9 Å². The van der Waals surface area contributed by atoms with Crippen molar-refractivity contribution in [2.75, 3.05) is 5.75 Å². The van der Waals surface area contributed by atoms with Gasteiger partial charge in [-0.2, -0.15) is 0 Å². The van der Waals surface area contributed by atoms with E-state index in [0.29, 0.717) is 11.1 Å². The van der Waals surface area contributed by atoms with Gasteiger partial charge in [0.05, 0.1) is 10.5 Å². The highest BCUT2D eigenvalue weighted by atomic mass is 32.2. The van der Waals surface area contributed by atoms with Crippen LogP contribution < -0.4 is 5.56 Å². The zero-order valence-corrected chi connectivity index (χ0v) is 15.4. The second-order valence-electron chi connectivity index (χ2n) is 7.58. The van der Waals surface area contributed by atoms with Gasteiger partial charge in [-0.1, -0.05) is 19.9 Å². The third-order valence-corrected chi connectivity index (χ3v) is 8.19. The Morgan fingerprint density at radius 2 is 1.92 bits per heavy atom. The van der Waals surface area contributed by atoms with Crippen molar-refractivity contribution in [3.05, 3.63) is 44.9 Å². The van der Waals surface area contributed by atoms with Crippen LogP contribution in [-0.4, -0.2) is 34.5 Å². The van der Waals surface area contributed by atoms with Crippen molar-refractivity contribution in [3.8, 4) is 0 Å². The fourth-order valence-electron chi connectivity index (χ4n) is 4.33. The van der Waals surface area contributed by atoms with Crippen molar-refractivity contribution in [3.63, 3.8) is 0 Å². The summed E-state index contributed by atoms with van der Waals surface area (Å²) in [5.74, 6) is -0.284. The number of allylic oxidation sites excluding steroid dienone is 3. The molecule has 0 amide bonds. The van der Waals surface area contributed by atoms with E-state index in [2.05, 4.69) is 5.10 Å². The first kappa shape index (κ1) is 17.0. The molecule has 1 aliphatic heterocycles. The van der Waals surface area contributed by atoms with Gasteiger partial charge in [0.2, 0.25) is 0 Å². The average Bonchev–Trinajstić information content (AvgIpc) is 2.83. The number of rotatable bonds is 2. The Hall–Kier alpha value is -1.89. The van der Waals surface area contributed by atoms with Crippen LogP contribution in [0.1, 0.15) is 44.5 Å². The van der Waals surface area contributed by atoms with Gasteiger partial charge in [-0.25, -0.2) is 8.42 Å². The second kappa shape index (κ2) is 4.81. The first-order chi connectivity index (χ1) is 10.9. The number of hydrogen-bond acceptors (Lipinski definition) is 4. The molecular formula is C17H22N2O4S. The smallest absolute Gasteiger partial charge is 0.277 e. The van der Waals surface area contributed by atoms with E-state index in [0.717, 1.165) is 5.57 Å². The Morgan fingerprint density at radius 3 is 2.46 bits per heavy atom. The Kier molecular flexibility index (Phi) is 3.40. The first-order valence-electron chi connectivity index (χ1n) is 7.86. The molecule has 0 spiro atoms. The molecule has 6 nitrogen and oxygen atoms in total. The zero-order valence-electron chi connectivity index (χ0n) is 14.6. The minimum Gasteiger partial charge on any atom is -0.302 e. The lowest BCUT2D eigenvalue weighted by Gasteiger charge is -2.34. The molecule has 0 bridgehead atoms. The largest absolute Gasteiger partial charge is 0.302 e. The summed E-state index contributed by atoms with van der Waals surface area (Å²) in [6.07, 6.45) is 3.33. The lowest BCUT2D eigenvalue weighted by molar-refractivity contribution is 0.103. The Labute approximate surface area is 141 Å². The molecule has 1 aliphatic carbocycles. The van der Waals surface area contributed by atoms with Crippen molar-refractivity contribution < 1.29 is 13.2 Å². The van der Waals surface area contributed by atoms with Crippen molar-refractivity contribution in [1.29, 1.82) is 0 Å². The number of carbonyl (C=O) groups is 1. The van der Waals surface area contributed by atoms with Crippen LogP contribution in [0.25, 0.3) is 0 Å². The van der Waals surface area contributed by atoms with Crippen molar-refractivity contribution >= 4 is 15.6 Å². The summed E-state index contributed by atoms with van der Waals surface area (Å²) in [7, 11) is -1.75.